The lowest BCUT2D eigenvalue weighted by atomic mass is 9.98. The number of carbonyl (C=O) groups is 2. The van der Waals surface area contributed by atoms with Gasteiger partial charge >= 0.3 is 0 Å². The van der Waals surface area contributed by atoms with Crippen LogP contribution in [0.5, 0.6) is 0 Å². The zero-order valence-corrected chi connectivity index (χ0v) is 13.7. The number of aryl methyl sites for hydroxylation is 1. The van der Waals surface area contributed by atoms with Gasteiger partial charge in [0.25, 0.3) is 5.91 Å². The Balaban J connectivity index is 1.23. The highest BCUT2D eigenvalue weighted by molar-refractivity contribution is 5.92. The molecule has 0 radical (unpaired) electrons. The Morgan fingerprint density at radius 3 is 2.67 bits per heavy atom. The maximum Gasteiger partial charge on any atom is 0.278 e. The van der Waals surface area contributed by atoms with Crippen molar-refractivity contribution in [3.8, 4) is 0 Å². The number of hydrogen-bond acceptors (Lipinski definition) is 4. The topological polar surface area (TPSA) is 95.2 Å². The van der Waals surface area contributed by atoms with E-state index >= 15 is 0 Å². The van der Waals surface area contributed by atoms with Crippen LogP contribution < -0.4 is 10.7 Å². The summed E-state index contributed by atoms with van der Waals surface area (Å²) >= 11 is 0. The molecule has 1 unspecified atom stereocenters. The van der Waals surface area contributed by atoms with E-state index in [2.05, 4.69) is 15.5 Å². The van der Waals surface area contributed by atoms with Crippen molar-refractivity contribution in [3.63, 3.8) is 0 Å². The number of nitrogens with one attached hydrogen (secondary N) is 2. The average molecular weight is 330 g/mol. The second-order valence-electron chi connectivity index (χ2n) is 7.51. The Labute approximate surface area is 139 Å². The van der Waals surface area contributed by atoms with Crippen LogP contribution in [-0.2, 0) is 4.79 Å². The Kier molecular flexibility index (Phi) is 3.66. The fourth-order valence-corrected chi connectivity index (χ4v) is 3.98. The lowest BCUT2D eigenvalue weighted by Crippen LogP contribution is -2.55. The van der Waals surface area contributed by atoms with E-state index in [1.807, 2.05) is 0 Å². The summed E-state index contributed by atoms with van der Waals surface area (Å²) < 4.78 is 0. The van der Waals surface area contributed by atoms with Gasteiger partial charge in [0.1, 0.15) is 0 Å². The molecule has 4 rings (SSSR count). The molecular formula is C17H22N4O3. The van der Waals surface area contributed by atoms with Crippen LogP contribution in [0.1, 0.15) is 35.4 Å². The second-order valence-corrected chi connectivity index (χ2v) is 7.51. The first-order valence-corrected chi connectivity index (χ1v) is 8.64. The molecule has 7 heteroatoms. The summed E-state index contributed by atoms with van der Waals surface area (Å²) in [6.45, 7) is 3.44. The van der Waals surface area contributed by atoms with Crippen molar-refractivity contribution in [2.75, 3.05) is 19.6 Å². The van der Waals surface area contributed by atoms with Crippen molar-refractivity contribution in [3.05, 3.63) is 27.7 Å². The molecule has 2 aliphatic carbocycles. The molecule has 3 fully saturated rings. The van der Waals surface area contributed by atoms with E-state index in [-0.39, 0.29) is 34.8 Å². The van der Waals surface area contributed by atoms with Crippen molar-refractivity contribution in [1.82, 2.24) is 20.4 Å². The molecule has 24 heavy (non-hydrogen) atoms. The number of aromatic amines is 1. The summed E-state index contributed by atoms with van der Waals surface area (Å²) in [5.41, 5.74) is 0.214. The lowest BCUT2D eigenvalue weighted by Gasteiger charge is -2.39. The third-order valence-electron chi connectivity index (χ3n) is 5.55. The van der Waals surface area contributed by atoms with Gasteiger partial charge in [-0.25, -0.2) is 0 Å². The number of hydrogen-bond donors (Lipinski definition) is 2. The van der Waals surface area contributed by atoms with Gasteiger partial charge in [0.15, 0.2) is 5.69 Å². The van der Waals surface area contributed by atoms with Crippen LogP contribution >= 0.6 is 0 Å². The minimum absolute atomic E-state index is 0.0618. The molecule has 0 aromatic carbocycles. The second kappa shape index (κ2) is 5.72. The molecule has 0 spiro atoms. The number of aromatic nitrogens is 2. The Hall–Kier alpha value is -2.18. The third-order valence-corrected chi connectivity index (χ3v) is 5.55. The maximum absolute atomic E-state index is 12.2. The van der Waals surface area contributed by atoms with Crippen LogP contribution in [0.3, 0.4) is 0 Å². The van der Waals surface area contributed by atoms with Crippen LogP contribution in [-0.4, -0.2) is 46.5 Å². The summed E-state index contributed by atoms with van der Waals surface area (Å²) in [6, 6.07) is 1.38. The van der Waals surface area contributed by atoms with E-state index < -0.39 is 0 Å². The predicted octanol–water partition coefficient (Wildman–Crippen LogP) is 0.313. The predicted molar refractivity (Wildman–Crippen MR) is 86.3 cm³/mol. The van der Waals surface area contributed by atoms with Crippen LogP contribution in [0.25, 0.3) is 0 Å². The number of H-pyrrole nitrogens is 1. The molecule has 2 saturated carbocycles. The monoisotopic (exact) mass is 330 g/mol. The molecule has 128 valence electrons. The van der Waals surface area contributed by atoms with E-state index in [1.54, 1.807) is 11.8 Å². The first-order chi connectivity index (χ1) is 11.5. The Morgan fingerprint density at radius 2 is 2.00 bits per heavy atom. The molecule has 2 heterocycles. The van der Waals surface area contributed by atoms with Gasteiger partial charge in [-0.05, 0) is 38.0 Å². The van der Waals surface area contributed by atoms with E-state index in [9.17, 15) is 14.4 Å². The molecular weight excluding hydrogens is 308 g/mol. The summed E-state index contributed by atoms with van der Waals surface area (Å²) in [5, 5.41) is 9.53. The number of fused-ring (bicyclic) bond motifs is 1. The van der Waals surface area contributed by atoms with Gasteiger partial charge in [-0.1, -0.05) is 0 Å². The number of carbonyl (C=O) groups excluding carboxylic acids is 2. The summed E-state index contributed by atoms with van der Waals surface area (Å²) in [4.78, 5) is 37.8. The van der Waals surface area contributed by atoms with Gasteiger partial charge in [0, 0.05) is 43.2 Å². The first-order valence-electron chi connectivity index (χ1n) is 8.64. The van der Waals surface area contributed by atoms with Crippen molar-refractivity contribution < 1.29 is 9.59 Å². The van der Waals surface area contributed by atoms with Gasteiger partial charge < -0.3 is 10.2 Å². The molecule has 3 aliphatic rings. The van der Waals surface area contributed by atoms with Gasteiger partial charge in [-0.2, -0.15) is 5.10 Å². The summed E-state index contributed by atoms with van der Waals surface area (Å²) in [6.07, 6.45) is 3.41. The zero-order valence-electron chi connectivity index (χ0n) is 13.7. The normalized spacial score (nSPS) is 28.2. The lowest BCUT2D eigenvalue weighted by molar-refractivity contribution is -0.125. The van der Waals surface area contributed by atoms with E-state index in [4.69, 9.17) is 0 Å². The minimum atomic E-state index is -0.354. The molecule has 2 N–H and O–H groups in total. The van der Waals surface area contributed by atoms with Crippen LogP contribution in [0.4, 0.5) is 0 Å². The number of likely N-dealkylation sites (tertiary alicyclic amines) is 1. The third kappa shape index (κ3) is 2.83. The van der Waals surface area contributed by atoms with E-state index in [0.717, 1.165) is 24.7 Å². The van der Waals surface area contributed by atoms with Gasteiger partial charge in [-0.15, -0.1) is 0 Å². The largest absolute Gasteiger partial charge is 0.355 e. The van der Waals surface area contributed by atoms with Crippen LogP contribution in [0, 0.1) is 30.6 Å². The van der Waals surface area contributed by atoms with Crippen molar-refractivity contribution in [2.45, 2.75) is 26.2 Å². The highest BCUT2D eigenvalue weighted by Gasteiger charge is 2.48. The maximum atomic E-state index is 12.2. The molecule has 1 aliphatic heterocycles. The smallest absolute Gasteiger partial charge is 0.278 e. The molecule has 3 atom stereocenters. The quantitative estimate of drug-likeness (QED) is 0.831. The molecule has 1 aromatic rings. The first kappa shape index (κ1) is 15.4. The minimum Gasteiger partial charge on any atom is -0.355 e. The van der Waals surface area contributed by atoms with E-state index in [0.29, 0.717) is 25.3 Å². The van der Waals surface area contributed by atoms with Gasteiger partial charge in [-0.3, -0.25) is 19.5 Å². The number of rotatable bonds is 4. The molecule has 2 amide bonds. The Morgan fingerprint density at radius 1 is 1.29 bits per heavy atom. The summed E-state index contributed by atoms with van der Waals surface area (Å²) in [7, 11) is 0. The van der Waals surface area contributed by atoms with Gasteiger partial charge in [0.05, 0.1) is 0 Å². The molecule has 1 saturated heterocycles. The SMILES string of the molecule is Cc1cc(=O)c(C(=O)N2CC(CNC(=O)C3C[C@@H]4C[C@@H]4C3)C2)n[nH]1. The molecule has 7 nitrogen and oxygen atoms in total. The molecule has 0 bridgehead atoms. The van der Waals surface area contributed by atoms with Crippen molar-refractivity contribution in [1.29, 1.82) is 0 Å². The number of amides is 2. The van der Waals surface area contributed by atoms with E-state index in [1.165, 1.54) is 12.5 Å². The Bertz CT molecular complexity index is 728. The van der Waals surface area contributed by atoms with Crippen molar-refractivity contribution >= 4 is 11.8 Å². The summed E-state index contributed by atoms with van der Waals surface area (Å²) in [5.74, 6) is 1.90. The van der Waals surface area contributed by atoms with Gasteiger partial charge in [0.2, 0.25) is 11.3 Å². The van der Waals surface area contributed by atoms with Crippen molar-refractivity contribution in [2.24, 2.45) is 23.7 Å². The number of nitrogens with zero attached hydrogens (tertiary/aromatic N) is 2. The fraction of sp³-hybridized carbons (Fsp3) is 0.647. The van der Waals surface area contributed by atoms with Crippen LogP contribution in [0.15, 0.2) is 10.9 Å². The average Bonchev–Trinajstić information content (AvgIpc) is 3.11. The highest BCUT2D eigenvalue weighted by Crippen LogP contribution is 2.54. The highest BCUT2D eigenvalue weighted by atomic mass is 16.2. The molecule has 1 aromatic heterocycles. The standard InChI is InChI=1S/C17H22N4O3/c1-9-2-14(22)15(20-19-9)17(24)21-7-10(8-21)6-18-16(23)13-4-11-3-12(11)5-13/h2,10-13H,3-8H2,1H3,(H,18,23)(H,19,22)/t11-,12+,13?. The fourth-order valence-electron chi connectivity index (χ4n) is 3.98. The zero-order chi connectivity index (χ0) is 16.8. The van der Waals surface area contributed by atoms with Crippen LogP contribution in [0.2, 0.25) is 0 Å².